The number of carbonyl (C=O) groups is 1. The van der Waals surface area contributed by atoms with Crippen molar-refractivity contribution in [2.45, 2.75) is 44.9 Å². The molecule has 190 valence electrons. The topological polar surface area (TPSA) is 59.4 Å². The van der Waals surface area contributed by atoms with Crippen LogP contribution in [0.4, 0.5) is 13.2 Å². The van der Waals surface area contributed by atoms with Crippen molar-refractivity contribution in [2.24, 2.45) is 0 Å². The van der Waals surface area contributed by atoms with E-state index in [4.69, 9.17) is 17.0 Å². The summed E-state index contributed by atoms with van der Waals surface area (Å²) >= 11 is 5.66. The van der Waals surface area contributed by atoms with Crippen LogP contribution in [0.3, 0.4) is 0 Å². The van der Waals surface area contributed by atoms with Gasteiger partial charge in [-0.3, -0.25) is 9.78 Å². The first-order chi connectivity index (χ1) is 17.1. The minimum absolute atomic E-state index is 0.0754. The zero-order chi connectivity index (χ0) is 26.0. The first kappa shape index (κ1) is 25.7. The molecule has 10 heteroatoms. The van der Waals surface area contributed by atoms with Gasteiger partial charge in [-0.1, -0.05) is 18.2 Å². The van der Waals surface area contributed by atoms with E-state index in [1.807, 2.05) is 36.1 Å². The molecule has 3 aromatic rings. The van der Waals surface area contributed by atoms with Crippen molar-refractivity contribution in [1.29, 1.82) is 0 Å². The Hall–Kier alpha value is -3.40. The van der Waals surface area contributed by atoms with Crippen molar-refractivity contribution >= 4 is 23.3 Å². The van der Waals surface area contributed by atoms with Gasteiger partial charge < -0.3 is 19.5 Å². The number of rotatable bonds is 7. The number of hydrogen-bond acceptors (Lipinski definition) is 4. The molecule has 2 atom stereocenters. The molecule has 0 bridgehead atoms. The summed E-state index contributed by atoms with van der Waals surface area (Å²) in [6.07, 6.45) is -2.06. The van der Waals surface area contributed by atoms with Crippen LogP contribution in [-0.2, 0) is 15.7 Å². The molecule has 36 heavy (non-hydrogen) atoms. The van der Waals surface area contributed by atoms with Gasteiger partial charge in [0.25, 0.3) is 0 Å². The number of aromatic nitrogens is 2. The predicted molar refractivity (Wildman–Crippen MR) is 134 cm³/mol. The Balaban J connectivity index is 1.80. The summed E-state index contributed by atoms with van der Waals surface area (Å²) < 4.78 is 47.9. The molecule has 0 aliphatic carbocycles. The molecule has 1 fully saturated rings. The van der Waals surface area contributed by atoms with Gasteiger partial charge in [0.05, 0.1) is 36.1 Å². The third kappa shape index (κ3) is 4.95. The van der Waals surface area contributed by atoms with E-state index >= 15 is 0 Å². The van der Waals surface area contributed by atoms with Crippen LogP contribution in [0.2, 0.25) is 0 Å². The lowest BCUT2D eigenvalue weighted by molar-refractivity contribution is -0.141. The molecule has 1 aliphatic rings. The van der Waals surface area contributed by atoms with Crippen LogP contribution < -0.4 is 5.32 Å². The number of aryl methyl sites for hydroxylation is 1. The Morgan fingerprint density at radius 2 is 1.89 bits per heavy atom. The van der Waals surface area contributed by atoms with E-state index in [1.54, 1.807) is 23.8 Å². The monoisotopic (exact) mass is 516 g/mol. The van der Waals surface area contributed by atoms with E-state index in [9.17, 15) is 18.0 Å². The smallest absolute Gasteiger partial charge is 0.418 e. The van der Waals surface area contributed by atoms with Crippen LogP contribution in [0.1, 0.15) is 53.1 Å². The number of carbonyl (C=O) groups excluding carboxylic acids is 1. The van der Waals surface area contributed by atoms with E-state index in [-0.39, 0.29) is 30.2 Å². The average molecular weight is 517 g/mol. The summed E-state index contributed by atoms with van der Waals surface area (Å²) in [4.78, 5) is 18.2. The maximum Gasteiger partial charge on any atom is 0.418 e. The fourth-order valence-electron chi connectivity index (χ4n) is 4.85. The van der Waals surface area contributed by atoms with Crippen molar-refractivity contribution in [1.82, 2.24) is 19.8 Å². The van der Waals surface area contributed by atoms with E-state index in [2.05, 4.69) is 10.3 Å². The number of esters is 1. The highest BCUT2D eigenvalue weighted by atomic mass is 32.1. The molecule has 1 aromatic carbocycles. The second kappa shape index (κ2) is 10.3. The van der Waals surface area contributed by atoms with Crippen molar-refractivity contribution in [3.8, 4) is 5.69 Å². The van der Waals surface area contributed by atoms with Crippen molar-refractivity contribution in [3.63, 3.8) is 0 Å². The average Bonchev–Trinajstić information content (AvgIpc) is 3.33. The van der Waals surface area contributed by atoms with Crippen LogP contribution >= 0.6 is 12.2 Å². The fraction of sp³-hybridized carbons (Fsp3) is 0.346. The van der Waals surface area contributed by atoms with Gasteiger partial charge in [0.2, 0.25) is 0 Å². The molecular formula is C26H27F3N4O2S. The van der Waals surface area contributed by atoms with Gasteiger partial charge in [0, 0.05) is 30.6 Å². The Kier molecular flexibility index (Phi) is 7.35. The molecule has 6 nitrogen and oxygen atoms in total. The second-order valence-corrected chi connectivity index (χ2v) is 9.06. The number of hydrogen-bond donors (Lipinski definition) is 1. The quantitative estimate of drug-likeness (QED) is 0.334. The summed E-state index contributed by atoms with van der Waals surface area (Å²) in [5.41, 5.74) is 2.33. The predicted octanol–water partition coefficient (Wildman–Crippen LogP) is 5.43. The Bertz CT molecular complexity index is 1260. The first-order valence-corrected chi connectivity index (χ1v) is 11.9. The summed E-state index contributed by atoms with van der Waals surface area (Å²) in [5, 5.41) is 3.84. The zero-order valence-corrected chi connectivity index (χ0v) is 21.0. The maximum absolute atomic E-state index is 13.8. The highest BCUT2D eigenvalue weighted by Crippen LogP contribution is 2.42. The van der Waals surface area contributed by atoms with E-state index in [1.165, 1.54) is 19.2 Å². The Labute approximate surface area is 213 Å². The van der Waals surface area contributed by atoms with Gasteiger partial charge in [-0.2, -0.15) is 13.2 Å². The van der Waals surface area contributed by atoms with E-state index in [0.717, 1.165) is 17.3 Å². The van der Waals surface area contributed by atoms with Crippen molar-refractivity contribution in [2.75, 3.05) is 13.7 Å². The lowest BCUT2D eigenvalue weighted by atomic mass is 9.96. The number of benzene rings is 1. The van der Waals surface area contributed by atoms with Gasteiger partial charge in [-0.15, -0.1) is 0 Å². The highest BCUT2D eigenvalue weighted by Gasteiger charge is 2.42. The van der Waals surface area contributed by atoms with E-state index in [0.29, 0.717) is 29.5 Å². The fourth-order valence-corrected chi connectivity index (χ4v) is 5.18. The number of methoxy groups -OCH3 is 1. The molecule has 3 heterocycles. The third-order valence-corrected chi connectivity index (χ3v) is 6.80. The first-order valence-electron chi connectivity index (χ1n) is 11.5. The largest absolute Gasteiger partial charge is 0.469 e. The Morgan fingerprint density at radius 3 is 2.56 bits per heavy atom. The highest BCUT2D eigenvalue weighted by molar-refractivity contribution is 7.80. The summed E-state index contributed by atoms with van der Waals surface area (Å²) in [7, 11) is 1.35. The van der Waals surface area contributed by atoms with Crippen LogP contribution in [0.25, 0.3) is 5.69 Å². The molecule has 2 aromatic heterocycles. The molecule has 0 radical (unpaired) electrons. The molecule has 0 unspecified atom stereocenters. The molecule has 1 N–H and O–H groups in total. The summed E-state index contributed by atoms with van der Waals surface area (Å²) in [6, 6.07) is 12.4. The normalized spacial score (nSPS) is 17.8. The number of ether oxygens (including phenoxy) is 1. The minimum atomic E-state index is -4.49. The molecule has 4 rings (SSSR count). The van der Waals surface area contributed by atoms with Gasteiger partial charge in [-0.05, 0) is 68.4 Å². The van der Waals surface area contributed by atoms with Crippen molar-refractivity contribution in [3.05, 3.63) is 82.9 Å². The molecule has 0 spiro atoms. The maximum atomic E-state index is 13.8. The van der Waals surface area contributed by atoms with Crippen molar-refractivity contribution < 1.29 is 22.7 Å². The van der Waals surface area contributed by atoms with E-state index < -0.39 is 11.7 Å². The number of para-hydroxylation sites is 1. The summed E-state index contributed by atoms with van der Waals surface area (Å²) in [5.74, 6) is -0.312. The van der Waals surface area contributed by atoms with Crippen LogP contribution in [0.15, 0.2) is 54.7 Å². The van der Waals surface area contributed by atoms with Crippen LogP contribution in [0, 0.1) is 13.8 Å². The molecule has 0 saturated carbocycles. The number of alkyl halides is 3. The third-order valence-electron chi connectivity index (χ3n) is 6.44. The number of halogens is 3. The number of nitrogens with zero attached hydrogens (tertiary/aromatic N) is 3. The molecular weight excluding hydrogens is 489 g/mol. The standard InChI is InChI=1S/C26H27F3N4O2S/c1-16-15-18(17(2)33(16)21-11-5-4-9-19(21)26(27,28)29)24-23(20-10-6-7-13-30-20)31-25(36)32(24)14-8-12-22(34)35-3/h4-7,9-11,13,15,23-24H,8,12,14H2,1-3H3,(H,31,36)/t23-,24+/m0/s1. The SMILES string of the molecule is COC(=O)CCCN1C(=S)N[C@@H](c2ccccn2)[C@H]1c1cc(C)n(-c2ccccc2C(F)(F)F)c1C. The number of pyridine rings is 1. The Morgan fingerprint density at radius 1 is 1.17 bits per heavy atom. The lowest BCUT2D eigenvalue weighted by Gasteiger charge is -2.28. The van der Waals surface area contributed by atoms with Gasteiger partial charge >= 0.3 is 12.1 Å². The summed E-state index contributed by atoms with van der Waals surface area (Å²) in [6.45, 7) is 4.08. The van der Waals surface area contributed by atoms with Crippen LogP contribution in [-0.4, -0.2) is 39.2 Å². The zero-order valence-electron chi connectivity index (χ0n) is 20.2. The second-order valence-electron chi connectivity index (χ2n) is 8.68. The van der Waals surface area contributed by atoms with Crippen LogP contribution in [0.5, 0.6) is 0 Å². The van der Waals surface area contributed by atoms with Gasteiger partial charge in [0.15, 0.2) is 5.11 Å². The van der Waals surface area contributed by atoms with Gasteiger partial charge in [0.1, 0.15) is 0 Å². The molecule has 1 saturated heterocycles. The minimum Gasteiger partial charge on any atom is -0.469 e. The molecule has 1 aliphatic heterocycles. The van der Waals surface area contributed by atoms with Gasteiger partial charge in [-0.25, -0.2) is 0 Å². The lowest BCUT2D eigenvalue weighted by Crippen LogP contribution is -2.31. The number of thiocarbonyl (C=S) groups is 1. The molecule has 0 amide bonds. The number of nitrogens with one attached hydrogen (secondary N) is 1.